The summed E-state index contributed by atoms with van der Waals surface area (Å²) in [5, 5.41) is 4.77. The Hall–Kier alpha value is -7.62. The Morgan fingerprint density at radius 2 is 0.929 bits per heavy atom. The zero-order chi connectivity index (χ0) is 47.9. The number of nitrogens with zero attached hydrogens (tertiary/aromatic N) is 1. The van der Waals surface area contributed by atoms with Gasteiger partial charge >= 0.3 is 0 Å². The highest BCUT2D eigenvalue weighted by Crippen LogP contribution is 2.60. The largest absolute Gasteiger partial charge is 0.456 e. The van der Waals surface area contributed by atoms with Gasteiger partial charge in [-0.25, -0.2) is 0 Å². The number of para-hydroxylation sites is 2. The number of hydrogen-bond donors (Lipinski definition) is 0. The average Bonchev–Trinajstić information content (AvgIpc) is 4.08. The van der Waals surface area contributed by atoms with Crippen molar-refractivity contribution < 1.29 is 8.83 Å². The van der Waals surface area contributed by atoms with Gasteiger partial charge in [0, 0.05) is 54.7 Å². The number of furan rings is 2. The molecule has 0 radical (unpaired) electrons. The first-order valence-corrected chi connectivity index (χ1v) is 25.0. The van der Waals surface area contributed by atoms with Crippen molar-refractivity contribution >= 4 is 60.9 Å². The Kier molecular flexibility index (Phi) is 8.15. The van der Waals surface area contributed by atoms with Gasteiger partial charge in [-0.2, -0.15) is 0 Å². The fourth-order valence-electron chi connectivity index (χ4n) is 13.6. The summed E-state index contributed by atoms with van der Waals surface area (Å²) in [6.07, 6.45) is 0. The summed E-state index contributed by atoms with van der Waals surface area (Å²) in [6.45, 7) is 23.4. The minimum absolute atomic E-state index is 0.171. The number of hydrogen-bond acceptors (Lipinski definition) is 3. The predicted octanol–water partition coefficient (Wildman–Crippen LogP) is 18.8. The van der Waals surface area contributed by atoms with Gasteiger partial charge in [0.15, 0.2) is 0 Å². The van der Waals surface area contributed by atoms with Crippen LogP contribution in [-0.4, -0.2) is 0 Å². The lowest BCUT2D eigenvalue weighted by Gasteiger charge is -2.32. The number of benzene rings is 9. The molecular weight excluding hydrogens is 851 g/mol. The Morgan fingerprint density at radius 1 is 0.371 bits per heavy atom. The molecular formula is C67H55NO2. The quantitative estimate of drug-likeness (QED) is 0.176. The Labute approximate surface area is 410 Å². The maximum atomic E-state index is 6.84. The van der Waals surface area contributed by atoms with Gasteiger partial charge in [-0.05, 0) is 172 Å². The number of aryl methyl sites for hydroxylation is 4. The van der Waals surface area contributed by atoms with Crippen LogP contribution >= 0.6 is 0 Å². The average molecular weight is 906 g/mol. The van der Waals surface area contributed by atoms with Gasteiger partial charge in [-0.15, -0.1) is 0 Å². The highest BCUT2D eigenvalue weighted by Gasteiger charge is 2.44. The second-order valence-corrected chi connectivity index (χ2v) is 22.3. The molecule has 0 atom stereocenters. The van der Waals surface area contributed by atoms with Crippen LogP contribution in [0.2, 0.25) is 0 Å². The molecule has 0 amide bonds. The predicted molar refractivity (Wildman–Crippen MR) is 293 cm³/mol. The molecule has 2 aromatic heterocycles. The molecule has 2 heterocycles. The van der Waals surface area contributed by atoms with Gasteiger partial charge in [0.1, 0.15) is 22.3 Å². The van der Waals surface area contributed by atoms with E-state index in [1.807, 2.05) is 0 Å². The molecule has 11 aromatic rings. The molecule has 0 fully saturated rings. The van der Waals surface area contributed by atoms with Gasteiger partial charge in [0.05, 0.1) is 5.69 Å². The number of fused-ring (bicyclic) bond motifs is 17. The third kappa shape index (κ3) is 5.36. The number of anilines is 3. The molecule has 9 aromatic carbocycles. The van der Waals surface area contributed by atoms with E-state index >= 15 is 0 Å². The summed E-state index contributed by atoms with van der Waals surface area (Å²) < 4.78 is 13.3. The molecule has 3 aliphatic carbocycles. The Morgan fingerprint density at radius 3 is 1.64 bits per heavy atom. The third-order valence-electron chi connectivity index (χ3n) is 16.9. The van der Waals surface area contributed by atoms with E-state index < -0.39 is 0 Å². The van der Waals surface area contributed by atoms with Crippen LogP contribution in [0.15, 0.2) is 160 Å². The summed E-state index contributed by atoms with van der Waals surface area (Å²) in [5.41, 5.74) is 30.0. The van der Waals surface area contributed by atoms with Crippen molar-refractivity contribution in [1.82, 2.24) is 0 Å². The second kappa shape index (κ2) is 13.8. The zero-order valence-electron chi connectivity index (χ0n) is 41.7. The van der Waals surface area contributed by atoms with Crippen molar-refractivity contribution in [2.75, 3.05) is 4.90 Å². The second-order valence-electron chi connectivity index (χ2n) is 22.3. The molecule has 14 rings (SSSR count). The smallest absolute Gasteiger partial charge is 0.143 e. The van der Waals surface area contributed by atoms with Gasteiger partial charge in [-0.3, -0.25) is 0 Å². The fraction of sp³-hybridized carbons (Fsp3) is 0.194. The van der Waals surface area contributed by atoms with Crippen LogP contribution in [-0.2, 0) is 16.2 Å². The minimum Gasteiger partial charge on any atom is -0.456 e. The lowest BCUT2D eigenvalue weighted by Crippen LogP contribution is -2.19. The monoisotopic (exact) mass is 905 g/mol. The highest BCUT2D eigenvalue weighted by molar-refractivity contribution is 6.19. The lowest BCUT2D eigenvalue weighted by atomic mass is 9.79. The van der Waals surface area contributed by atoms with Crippen LogP contribution in [0.3, 0.4) is 0 Å². The van der Waals surface area contributed by atoms with E-state index in [1.54, 1.807) is 0 Å². The standard InChI is InChI=1S/C67H55NO2/c1-36-16-15-17-40(30-36)47-33-55-59(62-46-19-12-14-21-57(46)70-64(47)62)44-25-23-42(32-52(44)67(55,9)10)68(63-38(3)28-37(2)29-39(63)4)41-22-24-43-48-34-54-49(35-53(48)66(7,8)51(43)31-41)60-50(65(54,5)6)26-27-58-61(60)45-18-11-13-20-56(45)69-58/h11-35H,1-10H3. The van der Waals surface area contributed by atoms with Crippen LogP contribution in [0.25, 0.3) is 88.4 Å². The van der Waals surface area contributed by atoms with Crippen molar-refractivity contribution in [1.29, 1.82) is 0 Å². The first-order valence-electron chi connectivity index (χ1n) is 25.0. The molecule has 340 valence electrons. The lowest BCUT2D eigenvalue weighted by molar-refractivity contribution is 0.651. The molecule has 70 heavy (non-hydrogen) atoms. The molecule has 3 aliphatic rings. The first-order chi connectivity index (χ1) is 33.6. The fourth-order valence-corrected chi connectivity index (χ4v) is 13.6. The van der Waals surface area contributed by atoms with E-state index in [-0.39, 0.29) is 16.2 Å². The zero-order valence-corrected chi connectivity index (χ0v) is 41.7. The van der Waals surface area contributed by atoms with Crippen molar-refractivity contribution in [2.24, 2.45) is 0 Å². The van der Waals surface area contributed by atoms with E-state index in [0.29, 0.717) is 0 Å². The summed E-state index contributed by atoms with van der Waals surface area (Å²) in [6, 6.07) is 57.1. The van der Waals surface area contributed by atoms with Crippen LogP contribution in [0.5, 0.6) is 0 Å². The normalized spacial score (nSPS) is 15.3. The van der Waals surface area contributed by atoms with Gasteiger partial charge in [-0.1, -0.05) is 144 Å². The molecule has 0 unspecified atom stereocenters. The molecule has 3 nitrogen and oxygen atoms in total. The molecule has 0 bridgehead atoms. The van der Waals surface area contributed by atoms with Crippen molar-refractivity contribution in [3.8, 4) is 44.5 Å². The maximum absolute atomic E-state index is 6.84. The van der Waals surface area contributed by atoms with E-state index in [2.05, 4.69) is 226 Å². The molecule has 0 spiro atoms. The van der Waals surface area contributed by atoms with E-state index in [9.17, 15) is 0 Å². The van der Waals surface area contributed by atoms with E-state index in [0.717, 1.165) is 44.7 Å². The molecule has 3 heteroatoms. The van der Waals surface area contributed by atoms with Crippen LogP contribution < -0.4 is 4.90 Å². The number of rotatable bonds is 4. The van der Waals surface area contributed by atoms with Gasteiger partial charge in [0.25, 0.3) is 0 Å². The third-order valence-corrected chi connectivity index (χ3v) is 16.9. The topological polar surface area (TPSA) is 29.5 Å². The summed E-state index contributed by atoms with van der Waals surface area (Å²) in [4.78, 5) is 2.55. The van der Waals surface area contributed by atoms with Crippen LogP contribution in [0.1, 0.15) is 97.2 Å². The van der Waals surface area contributed by atoms with Gasteiger partial charge < -0.3 is 13.7 Å². The molecule has 0 saturated heterocycles. The van der Waals surface area contributed by atoms with Gasteiger partial charge in [0.2, 0.25) is 0 Å². The summed E-state index contributed by atoms with van der Waals surface area (Å²) >= 11 is 0. The molecule has 0 saturated carbocycles. The van der Waals surface area contributed by atoms with E-state index in [1.165, 1.54) is 116 Å². The first kappa shape index (κ1) is 41.4. The van der Waals surface area contributed by atoms with Crippen molar-refractivity contribution in [3.63, 3.8) is 0 Å². The van der Waals surface area contributed by atoms with Crippen molar-refractivity contribution in [2.45, 2.75) is 85.5 Å². The SMILES string of the molecule is Cc1cccc(-c2cc3c(c4c2oc2ccccc24)-c2ccc(N(c4ccc5c(c4)C(C)(C)c4cc6c(cc4-5)C(C)(C)c4ccc5oc7ccccc7c5c4-6)c4c(C)cc(C)cc4C)cc2C3(C)C)c1. The van der Waals surface area contributed by atoms with Crippen LogP contribution in [0, 0.1) is 27.7 Å². The molecule has 0 N–H and O–H groups in total. The highest BCUT2D eigenvalue weighted by atomic mass is 16.3. The summed E-state index contributed by atoms with van der Waals surface area (Å²) in [7, 11) is 0. The Balaban J connectivity index is 0.950. The summed E-state index contributed by atoms with van der Waals surface area (Å²) in [5.74, 6) is 0. The maximum Gasteiger partial charge on any atom is 0.143 e. The minimum atomic E-state index is -0.294. The van der Waals surface area contributed by atoms with E-state index in [4.69, 9.17) is 8.83 Å². The molecule has 0 aliphatic heterocycles. The van der Waals surface area contributed by atoms with Crippen molar-refractivity contribution in [3.05, 3.63) is 207 Å². The van der Waals surface area contributed by atoms with Crippen LogP contribution in [0.4, 0.5) is 17.1 Å². The Bertz CT molecular complexity index is 4120.